The van der Waals surface area contributed by atoms with Gasteiger partial charge in [0, 0.05) is 23.4 Å². The summed E-state index contributed by atoms with van der Waals surface area (Å²) in [5.41, 5.74) is 5.57. The van der Waals surface area contributed by atoms with Crippen LogP contribution in [0.5, 0.6) is 11.5 Å². The molecule has 2 amide bonds. The lowest BCUT2D eigenvalue weighted by Gasteiger charge is -2.13. The zero-order valence-electron chi connectivity index (χ0n) is 20.1. The summed E-state index contributed by atoms with van der Waals surface area (Å²) in [6.45, 7) is 5.84. The van der Waals surface area contributed by atoms with Gasteiger partial charge in [-0.15, -0.1) is 0 Å². The van der Waals surface area contributed by atoms with Crippen LogP contribution in [0, 0.1) is 24.0 Å². The first-order chi connectivity index (χ1) is 17.3. The van der Waals surface area contributed by atoms with Crippen molar-refractivity contribution in [1.29, 1.82) is 0 Å². The highest BCUT2D eigenvalue weighted by Crippen LogP contribution is 2.28. The van der Waals surface area contributed by atoms with E-state index in [1.54, 1.807) is 18.2 Å². The second-order valence-electron chi connectivity index (χ2n) is 7.80. The Morgan fingerprint density at radius 3 is 2.58 bits per heavy atom. The van der Waals surface area contributed by atoms with Gasteiger partial charge in [-0.05, 0) is 67.8 Å². The molecule has 0 aliphatic rings. The van der Waals surface area contributed by atoms with Gasteiger partial charge < -0.3 is 14.8 Å². The molecule has 3 aromatic carbocycles. The van der Waals surface area contributed by atoms with E-state index in [0.29, 0.717) is 23.7 Å². The Balaban J connectivity index is 1.62. The molecule has 36 heavy (non-hydrogen) atoms. The third kappa shape index (κ3) is 7.13. The standard InChI is InChI=1S/C26H26N4O6/c1-4-35-24-13-19(15-27-29-26(32)20-6-5-7-21(14-20)30(33)34)10-11-23(24)36-16-25(31)28-22-12-17(2)8-9-18(22)3/h5-15H,4,16H2,1-3H3,(H,28,31)(H,29,32)/b27-15+. The Bertz CT molecular complexity index is 1310. The first-order valence-corrected chi connectivity index (χ1v) is 11.1. The number of amides is 2. The van der Waals surface area contributed by atoms with Gasteiger partial charge in [0.1, 0.15) is 0 Å². The van der Waals surface area contributed by atoms with Crippen LogP contribution >= 0.6 is 0 Å². The summed E-state index contributed by atoms with van der Waals surface area (Å²) in [4.78, 5) is 34.9. The van der Waals surface area contributed by atoms with Gasteiger partial charge in [-0.25, -0.2) is 5.43 Å². The number of benzene rings is 3. The number of hydrogen-bond acceptors (Lipinski definition) is 7. The average molecular weight is 491 g/mol. The molecule has 3 rings (SSSR count). The molecule has 0 aliphatic heterocycles. The molecule has 0 heterocycles. The van der Waals surface area contributed by atoms with Crippen LogP contribution in [0.25, 0.3) is 0 Å². The zero-order chi connectivity index (χ0) is 26.1. The number of carbonyl (C=O) groups excluding carboxylic acids is 2. The summed E-state index contributed by atoms with van der Waals surface area (Å²) in [6, 6.07) is 16.1. The van der Waals surface area contributed by atoms with Crippen LogP contribution in [0.3, 0.4) is 0 Å². The third-order valence-corrected chi connectivity index (χ3v) is 4.99. The average Bonchev–Trinajstić information content (AvgIpc) is 2.86. The van der Waals surface area contributed by atoms with Crippen molar-refractivity contribution in [1.82, 2.24) is 5.43 Å². The van der Waals surface area contributed by atoms with Crippen LogP contribution in [0.4, 0.5) is 11.4 Å². The van der Waals surface area contributed by atoms with Crippen molar-refractivity contribution in [3.8, 4) is 11.5 Å². The minimum Gasteiger partial charge on any atom is -0.490 e. The van der Waals surface area contributed by atoms with Crippen molar-refractivity contribution >= 4 is 29.4 Å². The molecule has 0 bridgehead atoms. The molecule has 2 N–H and O–H groups in total. The Labute approximate surface area is 208 Å². The summed E-state index contributed by atoms with van der Waals surface area (Å²) >= 11 is 0. The minimum absolute atomic E-state index is 0.110. The fourth-order valence-corrected chi connectivity index (χ4v) is 3.18. The van der Waals surface area contributed by atoms with Crippen LogP contribution in [0.1, 0.15) is 34.0 Å². The van der Waals surface area contributed by atoms with E-state index >= 15 is 0 Å². The predicted molar refractivity (Wildman–Crippen MR) is 136 cm³/mol. The molecule has 0 unspecified atom stereocenters. The smallest absolute Gasteiger partial charge is 0.271 e. The highest BCUT2D eigenvalue weighted by atomic mass is 16.6. The highest BCUT2D eigenvalue weighted by molar-refractivity contribution is 5.95. The quantitative estimate of drug-likeness (QED) is 0.246. The molecule has 0 spiro atoms. The van der Waals surface area contributed by atoms with E-state index in [9.17, 15) is 19.7 Å². The van der Waals surface area contributed by atoms with Gasteiger partial charge in [-0.3, -0.25) is 19.7 Å². The van der Waals surface area contributed by atoms with Crippen molar-refractivity contribution in [2.75, 3.05) is 18.5 Å². The molecule has 0 aromatic heterocycles. The summed E-state index contributed by atoms with van der Waals surface area (Å²) < 4.78 is 11.3. The van der Waals surface area contributed by atoms with E-state index in [0.717, 1.165) is 16.8 Å². The number of non-ortho nitro benzene ring substituents is 1. The predicted octanol–water partition coefficient (Wildman–Crippen LogP) is 4.39. The lowest BCUT2D eigenvalue weighted by molar-refractivity contribution is -0.384. The number of ether oxygens (including phenoxy) is 2. The van der Waals surface area contributed by atoms with Crippen LogP contribution < -0.4 is 20.2 Å². The molecule has 0 atom stereocenters. The molecule has 0 saturated heterocycles. The van der Waals surface area contributed by atoms with E-state index < -0.39 is 10.8 Å². The van der Waals surface area contributed by atoms with Crippen molar-refractivity contribution in [2.24, 2.45) is 5.10 Å². The normalized spacial score (nSPS) is 10.6. The Kier molecular flexibility index (Phi) is 8.71. The maximum Gasteiger partial charge on any atom is 0.271 e. The number of nitrogens with zero attached hydrogens (tertiary/aromatic N) is 2. The van der Waals surface area contributed by atoms with E-state index in [2.05, 4.69) is 15.8 Å². The fraction of sp³-hybridized carbons (Fsp3) is 0.192. The van der Waals surface area contributed by atoms with Crippen LogP contribution in [-0.4, -0.2) is 36.2 Å². The van der Waals surface area contributed by atoms with Crippen molar-refractivity contribution in [2.45, 2.75) is 20.8 Å². The molecule has 0 radical (unpaired) electrons. The maximum atomic E-state index is 12.4. The molecule has 10 nitrogen and oxygen atoms in total. The first-order valence-electron chi connectivity index (χ1n) is 11.1. The number of hydrazone groups is 1. The number of carbonyl (C=O) groups is 2. The van der Waals surface area contributed by atoms with E-state index in [-0.39, 0.29) is 23.8 Å². The second-order valence-corrected chi connectivity index (χ2v) is 7.80. The minimum atomic E-state index is -0.588. The van der Waals surface area contributed by atoms with Gasteiger partial charge in [0.05, 0.1) is 17.7 Å². The molecule has 0 saturated carbocycles. The van der Waals surface area contributed by atoms with Crippen molar-refractivity contribution in [3.63, 3.8) is 0 Å². The van der Waals surface area contributed by atoms with E-state index in [1.807, 2.05) is 39.0 Å². The van der Waals surface area contributed by atoms with Gasteiger partial charge in [-0.1, -0.05) is 18.2 Å². The van der Waals surface area contributed by atoms with Gasteiger partial charge in [-0.2, -0.15) is 5.10 Å². The number of anilines is 1. The SMILES string of the molecule is CCOc1cc(/C=N/NC(=O)c2cccc([N+](=O)[O-])c2)ccc1OCC(=O)Nc1cc(C)ccc1C. The van der Waals surface area contributed by atoms with E-state index in [4.69, 9.17) is 9.47 Å². The molecule has 0 aliphatic carbocycles. The maximum absolute atomic E-state index is 12.4. The van der Waals surface area contributed by atoms with Gasteiger partial charge in [0.25, 0.3) is 17.5 Å². The van der Waals surface area contributed by atoms with Gasteiger partial charge in [0.15, 0.2) is 18.1 Å². The van der Waals surface area contributed by atoms with Crippen LogP contribution in [0.2, 0.25) is 0 Å². The molecular formula is C26H26N4O6. The number of aryl methyl sites for hydroxylation is 2. The molecular weight excluding hydrogens is 464 g/mol. The Hall–Kier alpha value is -4.73. The third-order valence-electron chi connectivity index (χ3n) is 4.99. The summed E-state index contributed by atoms with van der Waals surface area (Å²) in [5, 5.41) is 17.6. The number of rotatable bonds is 10. The number of nitrogens with one attached hydrogen (secondary N) is 2. The Morgan fingerprint density at radius 2 is 1.83 bits per heavy atom. The first kappa shape index (κ1) is 25.9. The second kappa shape index (κ2) is 12.1. The van der Waals surface area contributed by atoms with Crippen molar-refractivity contribution in [3.05, 3.63) is 93.0 Å². The molecule has 186 valence electrons. The molecule has 10 heteroatoms. The monoisotopic (exact) mass is 490 g/mol. The lowest BCUT2D eigenvalue weighted by atomic mass is 10.1. The summed E-state index contributed by atoms with van der Waals surface area (Å²) in [6.07, 6.45) is 1.40. The topological polar surface area (TPSA) is 132 Å². The highest BCUT2D eigenvalue weighted by Gasteiger charge is 2.12. The summed E-state index contributed by atoms with van der Waals surface area (Å²) in [5.74, 6) is -0.104. The number of nitro benzene ring substituents is 1. The fourth-order valence-electron chi connectivity index (χ4n) is 3.18. The molecule has 3 aromatic rings. The lowest BCUT2D eigenvalue weighted by Crippen LogP contribution is -2.21. The van der Waals surface area contributed by atoms with Crippen LogP contribution in [-0.2, 0) is 4.79 Å². The summed E-state index contributed by atoms with van der Waals surface area (Å²) in [7, 11) is 0. The van der Waals surface area contributed by atoms with Gasteiger partial charge >= 0.3 is 0 Å². The molecule has 0 fully saturated rings. The van der Waals surface area contributed by atoms with Crippen LogP contribution in [0.15, 0.2) is 65.8 Å². The number of hydrogen-bond donors (Lipinski definition) is 2. The number of nitro groups is 1. The van der Waals surface area contributed by atoms with E-state index in [1.165, 1.54) is 30.5 Å². The Morgan fingerprint density at radius 1 is 1.03 bits per heavy atom. The van der Waals surface area contributed by atoms with Crippen molar-refractivity contribution < 1.29 is 24.0 Å². The largest absolute Gasteiger partial charge is 0.490 e. The van der Waals surface area contributed by atoms with Gasteiger partial charge in [0.2, 0.25) is 0 Å². The zero-order valence-corrected chi connectivity index (χ0v) is 20.1.